The number of thiocarbonyl (C=S) groups is 1. The summed E-state index contributed by atoms with van der Waals surface area (Å²) in [4.78, 5) is 11.6. The highest BCUT2D eigenvalue weighted by Crippen LogP contribution is 2.21. The smallest absolute Gasteiger partial charge is 0.335 e. The molecule has 114 valence electrons. The molecule has 1 unspecified atom stereocenters. The van der Waals surface area contributed by atoms with E-state index in [1.165, 1.54) is 0 Å². The van der Waals surface area contributed by atoms with Gasteiger partial charge in [-0.05, 0) is 37.0 Å². The molecule has 1 aliphatic carbocycles. The summed E-state index contributed by atoms with van der Waals surface area (Å²) >= 11 is 5.41. The summed E-state index contributed by atoms with van der Waals surface area (Å²) in [5.74, 6) is -0.455. The van der Waals surface area contributed by atoms with Gasteiger partial charge in [-0.3, -0.25) is 0 Å². The summed E-state index contributed by atoms with van der Waals surface area (Å²) in [7, 11) is 0. The normalized spacial score (nSPS) is 17.8. The van der Waals surface area contributed by atoms with Crippen LogP contribution in [0.15, 0.2) is 59.8 Å². The van der Waals surface area contributed by atoms with E-state index >= 15 is 0 Å². The number of aromatic carboxylic acids is 1. The molecule has 0 aromatic heterocycles. The number of allylic oxidation sites excluding steroid dienone is 4. The summed E-state index contributed by atoms with van der Waals surface area (Å²) in [5.41, 5.74) is 2.98. The first kappa shape index (κ1) is 16.2. The number of carbonyl (C=O) groups is 1. The van der Waals surface area contributed by atoms with Gasteiger partial charge in [0.1, 0.15) is 4.99 Å². The molecule has 0 fully saturated rings. The molecule has 1 aromatic rings. The number of benzene rings is 1. The molecule has 0 spiro atoms. The van der Waals surface area contributed by atoms with Crippen molar-refractivity contribution in [2.24, 2.45) is 5.92 Å². The molecule has 1 atom stereocenters. The van der Waals surface area contributed by atoms with Crippen molar-refractivity contribution >= 4 is 23.2 Å². The van der Waals surface area contributed by atoms with E-state index in [-0.39, 0.29) is 5.56 Å². The van der Waals surface area contributed by atoms with Gasteiger partial charge in [0.2, 0.25) is 0 Å². The lowest BCUT2D eigenvalue weighted by molar-refractivity contribution is 0.0697. The highest BCUT2D eigenvalue weighted by molar-refractivity contribution is 7.80. The maximum Gasteiger partial charge on any atom is 0.335 e. The molecule has 3 nitrogen and oxygen atoms in total. The molecule has 0 amide bonds. The largest absolute Gasteiger partial charge is 0.478 e. The maximum absolute atomic E-state index is 11.0. The zero-order valence-electron chi connectivity index (χ0n) is 12.7. The van der Waals surface area contributed by atoms with Gasteiger partial charge in [-0.15, -0.1) is 0 Å². The summed E-state index contributed by atoms with van der Waals surface area (Å²) in [6.07, 6.45) is 9.46. The molecule has 0 heterocycles. The number of hydrogen-bond donors (Lipinski definition) is 2. The van der Waals surface area contributed by atoms with Crippen LogP contribution in [0.4, 0.5) is 0 Å². The van der Waals surface area contributed by atoms with Crippen LogP contribution in [0.5, 0.6) is 0 Å². The molecule has 0 aliphatic heterocycles. The van der Waals surface area contributed by atoms with Crippen LogP contribution >= 0.6 is 12.2 Å². The summed E-state index contributed by atoms with van der Waals surface area (Å²) < 4.78 is 0. The number of rotatable bonds is 4. The lowest BCUT2D eigenvalue weighted by Crippen LogP contribution is -2.23. The summed E-state index contributed by atoms with van der Waals surface area (Å²) in [6.45, 7) is 4.12. The van der Waals surface area contributed by atoms with E-state index in [4.69, 9.17) is 17.3 Å². The molecule has 22 heavy (non-hydrogen) atoms. The number of carboxylic acids is 1. The first-order chi connectivity index (χ1) is 10.5. The lowest BCUT2D eigenvalue weighted by atomic mass is 9.96. The van der Waals surface area contributed by atoms with Crippen molar-refractivity contribution in [1.82, 2.24) is 5.32 Å². The Hall–Kier alpha value is -2.20. The van der Waals surface area contributed by atoms with E-state index in [1.54, 1.807) is 18.2 Å². The lowest BCUT2D eigenvalue weighted by Gasteiger charge is -2.17. The van der Waals surface area contributed by atoms with Crippen LogP contribution in [0.25, 0.3) is 0 Å². The van der Waals surface area contributed by atoms with Gasteiger partial charge in [-0.1, -0.05) is 55.6 Å². The molecule has 1 aromatic carbocycles. The fourth-order valence-electron chi connectivity index (χ4n) is 2.32. The van der Waals surface area contributed by atoms with Crippen molar-refractivity contribution in [3.05, 3.63) is 71.0 Å². The SMILES string of the molecule is C/C=C(\NC(=S)c1cccc(C(=O)O)c1)C1=CC(C)CC=C1. The first-order valence-electron chi connectivity index (χ1n) is 7.21. The third kappa shape index (κ3) is 3.92. The van der Waals surface area contributed by atoms with Crippen molar-refractivity contribution in [3.8, 4) is 0 Å². The Labute approximate surface area is 136 Å². The summed E-state index contributed by atoms with van der Waals surface area (Å²) in [5, 5.41) is 12.3. The minimum atomic E-state index is -0.956. The van der Waals surface area contributed by atoms with Crippen LogP contribution in [-0.2, 0) is 0 Å². The molecule has 0 saturated heterocycles. The zero-order valence-corrected chi connectivity index (χ0v) is 13.5. The molecule has 0 saturated carbocycles. The van der Waals surface area contributed by atoms with Crippen molar-refractivity contribution in [2.45, 2.75) is 20.3 Å². The molecule has 0 radical (unpaired) electrons. The van der Waals surface area contributed by atoms with Gasteiger partial charge in [-0.2, -0.15) is 0 Å². The first-order valence-corrected chi connectivity index (χ1v) is 7.62. The van der Waals surface area contributed by atoms with Crippen molar-refractivity contribution in [2.75, 3.05) is 0 Å². The number of carboxylic acid groups (broad SMARTS) is 1. The molecular formula is C18H19NO2S. The second-order valence-electron chi connectivity index (χ2n) is 5.28. The minimum Gasteiger partial charge on any atom is -0.478 e. The topological polar surface area (TPSA) is 49.3 Å². The maximum atomic E-state index is 11.0. The quantitative estimate of drug-likeness (QED) is 0.823. The minimum absolute atomic E-state index is 0.231. The predicted octanol–water partition coefficient (Wildman–Crippen LogP) is 4.08. The van der Waals surface area contributed by atoms with Gasteiger partial charge in [0.15, 0.2) is 0 Å². The van der Waals surface area contributed by atoms with Gasteiger partial charge in [-0.25, -0.2) is 4.79 Å². The second kappa shape index (κ2) is 7.18. The average molecular weight is 313 g/mol. The Balaban J connectivity index is 2.18. The Morgan fingerprint density at radius 1 is 1.41 bits per heavy atom. The van der Waals surface area contributed by atoms with E-state index in [9.17, 15) is 4.79 Å². The fraction of sp³-hybridized carbons (Fsp3) is 0.222. The Morgan fingerprint density at radius 2 is 2.14 bits per heavy atom. The van der Waals surface area contributed by atoms with Crippen LogP contribution < -0.4 is 5.32 Å². The third-order valence-corrected chi connectivity index (χ3v) is 3.83. The van der Waals surface area contributed by atoms with E-state index < -0.39 is 5.97 Å². The molecule has 2 rings (SSSR count). The third-order valence-electron chi connectivity index (χ3n) is 3.49. The molecule has 1 aliphatic rings. The molecule has 2 N–H and O–H groups in total. The summed E-state index contributed by atoms with van der Waals surface area (Å²) in [6, 6.07) is 6.64. The van der Waals surface area contributed by atoms with Crippen LogP contribution in [0, 0.1) is 5.92 Å². The Morgan fingerprint density at radius 3 is 2.77 bits per heavy atom. The highest BCUT2D eigenvalue weighted by atomic mass is 32.1. The Bertz CT molecular complexity index is 686. The van der Waals surface area contributed by atoms with Crippen LogP contribution in [-0.4, -0.2) is 16.1 Å². The monoisotopic (exact) mass is 313 g/mol. The van der Waals surface area contributed by atoms with Crippen molar-refractivity contribution in [1.29, 1.82) is 0 Å². The molecule has 4 heteroatoms. The predicted molar refractivity (Wildman–Crippen MR) is 93.0 cm³/mol. The molecule has 0 bridgehead atoms. The standard InChI is InChI=1S/C18H19NO2S/c1-3-16(13-7-4-6-12(2)10-13)19-17(22)14-8-5-9-15(11-14)18(20)21/h3-5,7-12H,6H2,1-2H3,(H,19,22)(H,20,21)/b16-3-. The van der Waals surface area contributed by atoms with Gasteiger partial charge < -0.3 is 10.4 Å². The van der Waals surface area contributed by atoms with Crippen LogP contribution in [0.3, 0.4) is 0 Å². The fourth-order valence-corrected chi connectivity index (χ4v) is 2.56. The van der Waals surface area contributed by atoms with Crippen LogP contribution in [0.2, 0.25) is 0 Å². The van der Waals surface area contributed by atoms with E-state index in [2.05, 4.69) is 30.5 Å². The van der Waals surface area contributed by atoms with E-state index in [0.29, 0.717) is 16.5 Å². The number of nitrogens with one attached hydrogen (secondary N) is 1. The Kier molecular flexibility index (Phi) is 5.28. The molecular weight excluding hydrogens is 294 g/mol. The van der Waals surface area contributed by atoms with Gasteiger partial charge in [0.05, 0.1) is 5.56 Å². The highest BCUT2D eigenvalue weighted by Gasteiger charge is 2.11. The van der Waals surface area contributed by atoms with Crippen molar-refractivity contribution < 1.29 is 9.90 Å². The van der Waals surface area contributed by atoms with E-state index in [0.717, 1.165) is 17.7 Å². The average Bonchev–Trinajstić information content (AvgIpc) is 2.52. The zero-order chi connectivity index (χ0) is 16.1. The van der Waals surface area contributed by atoms with Crippen molar-refractivity contribution in [3.63, 3.8) is 0 Å². The van der Waals surface area contributed by atoms with E-state index in [1.807, 2.05) is 19.1 Å². The second-order valence-corrected chi connectivity index (χ2v) is 5.69. The van der Waals surface area contributed by atoms with Gasteiger partial charge in [0.25, 0.3) is 0 Å². The van der Waals surface area contributed by atoms with Gasteiger partial charge >= 0.3 is 5.97 Å². The van der Waals surface area contributed by atoms with Gasteiger partial charge in [0, 0.05) is 11.3 Å². The van der Waals surface area contributed by atoms with Crippen LogP contribution in [0.1, 0.15) is 36.2 Å². The number of hydrogen-bond acceptors (Lipinski definition) is 2.